The zero-order valence-corrected chi connectivity index (χ0v) is 28.7. The van der Waals surface area contributed by atoms with Crippen LogP contribution < -0.4 is 0 Å². The molecule has 0 N–H and O–H groups in total. The number of hydrogen-bond acceptors (Lipinski definition) is 6. The van der Waals surface area contributed by atoms with Crippen LogP contribution in [0.1, 0.15) is 201 Å². The topological polar surface area (TPSA) is 78.9 Å². The number of rotatable bonds is 33. The fourth-order valence-corrected chi connectivity index (χ4v) is 5.26. The molecule has 254 valence electrons. The molecule has 0 rings (SSSR count). The molecule has 0 amide bonds. The van der Waals surface area contributed by atoms with Gasteiger partial charge in [0.2, 0.25) is 0 Å². The maximum absolute atomic E-state index is 12.5. The van der Waals surface area contributed by atoms with Crippen LogP contribution >= 0.6 is 0 Å². The number of esters is 3. The van der Waals surface area contributed by atoms with Crippen molar-refractivity contribution in [3.63, 3.8) is 0 Å². The van der Waals surface area contributed by atoms with E-state index in [1.807, 2.05) is 0 Å². The van der Waals surface area contributed by atoms with Crippen LogP contribution in [-0.2, 0) is 28.6 Å². The quantitative estimate of drug-likeness (QED) is 0.0418. The van der Waals surface area contributed by atoms with Crippen molar-refractivity contribution >= 4 is 17.9 Å². The maximum atomic E-state index is 12.5. The van der Waals surface area contributed by atoms with Gasteiger partial charge in [-0.25, -0.2) is 0 Å². The van der Waals surface area contributed by atoms with E-state index >= 15 is 0 Å². The third-order valence-corrected chi connectivity index (χ3v) is 8.11. The van der Waals surface area contributed by atoms with Gasteiger partial charge >= 0.3 is 17.9 Å². The van der Waals surface area contributed by atoms with Gasteiger partial charge in [0.05, 0.1) is 0 Å². The summed E-state index contributed by atoms with van der Waals surface area (Å²) in [4.78, 5) is 37.1. The van der Waals surface area contributed by atoms with Gasteiger partial charge in [-0.05, 0) is 19.3 Å². The van der Waals surface area contributed by atoms with Crippen molar-refractivity contribution in [1.82, 2.24) is 0 Å². The first kappa shape index (κ1) is 41.4. The number of carbonyl (C=O) groups excluding carboxylic acids is 3. The van der Waals surface area contributed by atoms with Crippen molar-refractivity contribution in [3.8, 4) is 0 Å². The highest BCUT2D eigenvalue weighted by Gasteiger charge is 2.19. The maximum Gasteiger partial charge on any atom is 0.306 e. The van der Waals surface area contributed by atoms with Crippen molar-refractivity contribution in [1.29, 1.82) is 0 Å². The first-order valence-corrected chi connectivity index (χ1v) is 18.5. The first-order valence-electron chi connectivity index (χ1n) is 18.5. The number of carbonyl (C=O) groups is 3. The van der Waals surface area contributed by atoms with Gasteiger partial charge in [0.25, 0.3) is 0 Å². The van der Waals surface area contributed by atoms with Crippen LogP contribution in [-0.4, -0.2) is 37.2 Å². The Bertz CT molecular complexity index is 635. The zero-order chi connectivity index (χ0) is 31.6. The lowest BCUT2D eigenvalue weighted by Crippen LogP contribution is -2.30. The lowest BCUT2D eigenvalue weighted by molar-refractivity contribution is -0.167. The molecule has 0 fully saturated rings. The molecule has 6 nitrogen and oxygen atoms in total. The SMILES string of the molecule is CCCCCCCCCCCCCC(=O)OC[C@H](COC(=O)CCCCCCC)OC(=O)CCCCCCCCCCC. The summed E-state index contributed by atoms with van der Waals surface area (Å²) in [6, 6.07) is 0. The third kappa shape index (κ3) is 31.6. The standard InChI is InChI=1S/C37H70O6/c1-4-7-10-13-15-17-18-20-21-24-27-30-36(39)42-33-34(32-41-35(38)29-26-23-12-9-6-3)43-37(40)31-28-25-22-19-16-14-11-8-5-2/h34H,4-33H2,1-3H3/t34-/m0/s1. The van der Waals surface area contributed by atoms with E-state index in [1.54, 1.807) is 0 Å². The molecule has 0 aliphatic heterocycles. The largest absolute Gasteiger partial charge is 0.462 e. The number of ether oxygens (including phenoxy) is 3. The summed E-state index contributed by atoms with van der Waals surface area (Å²) in [5.74, 6) is -0.882. The number of hydrogen-bond donors (Lipinski definition) is 0. The summed E-state index contributed by atoms with van der Waals surface area (Å²) in [7, 11) is 0. The molecule has 0 saturated carbocycles. The monoisotopic (exact) mass is 611 g/mol. The molecule has 0 spiro atoms. The van der Waals surface area contributed by atoms with Crippen molar-refractivity contribution in [3.05, 3.63) is 0 Å². The summed E-state index contributed by atoms with van der Waals surface area (Å²) in [6.45, 7) is 6.51. The minimum Gasteiger partial charge on any atom is -0.462 e. The van der Waals surface area contributed by atoms with Crippen LogP contribution in [0.4, 0.5) is 0 Å². The summed E-state index contributed by atoms with van der Waals surface area (Å²) in [6.07, 6.45) is 29.7. The van der Waals surface area contributed by atoms with Crippen LogP contribution in [0.3, 0.4) is 0 Å². The zero-order valence-electron chi connectivity index (χ0n) is 28.7. The fraction of sp³-hybridized carbons (Fsp3) is 0.919. The molecular weight excluding hydrogens is 540 g/mol. The van der Waals surface area contributed by atoms with Crippen LogP contribution in [0.15, 0.2) is 0 Å². The molecule has 0 unspecified atom stereocenters. The highest BCUT2D eigenvalue weighted by molar-refractivity contribution is 5.71. The van der Waals surface area contributed by atoms with E-state index < -0.39 is 6.10 Å². The minimum atomic E-state index is -0.753. The first-order chi connectivity index (χ1) is 21.0. The van der Waals surface area contributed by atoms with Gasteiger partial charge in [0.15, 0.2) is 6.10 Å². The molecule has 0 saturated heterocycles. The van der Waals surface area contributed by atoms with Gasteiger partial charge in [-0.2, -0.15) is 0 Å². The Hall–Kier alpha value is -1.59. The van der Waals surface area contributed by atoms with Gasteiger partial charge in [-0.15, -0.1) is 0 Å². The Morgan fingerprint density at radius 3 is 0.930 bits per heavy atom. The summed E-state index contributed by atoms with van der Waals surface area (Å²) in [5.41, 5.74) is 0. The Labute approximate surface area is 266 Å². The minimum absolute atomic E-state index is 0.0653. The highest BCUT2D eigenvalue weighted by atomic mass is 16.6. The average Bonchev–Trinajstić information content (AvgIpc) is 3.00. The van der Waals surface area contributed by atoms with E-state index in [2.05, 4.69) is 20.8 Å². The second kappa shape index (κ2) is 33.3. The van der Waals surface area contributed by atoms with E-state index in [9.17, 15) is 14.4 Å². The van der Waals surface area contributed by atoms with Gasteiger partial charge in [0.1, 0.15) is 13.2 Å². The smallest absolute Gasteiger partial charge is 0.306 e. The third-order valence-electron chi connectivity index (χ3n) is 8.11. The summed E-state index contributed by atoms with van der Waals surface area (Å²) >= 11 is 0. The van der Waals surface area contributed by atoms with Gasteiger partial charge < -0.3 is 14.2 Å². The van der Waals surface area contributed by atoms with E-state index in [1.165, 1.54) is 96.3 Å². The van der Waals surface area contributed by atoms with Crippen molar-refractivity contribution in [2.24, 2.45) is 0 Å². The van der Waals surface area contributed by atoms with E-state index in [-0.39, 0.29) is 31.1 Å². The second-order valence-electron chi connectivity index (χ2n) is 12.5. The number of unbranched alkanes of at least 4 members (excludes halogenated alkanes) is 22. The van der Waals surface area contributed by atoms with Crippen LogP contribution in [0.25, 0.3) is 0 Å². The molecule has 1 atom stereocenters. The molecule has 0 aliphatic rings. The Kier molecular flexibility index (Phi) is 32.1. The Morgan fingerprint density at radius 2 is 0.628 bits per heavy atom. The van der Waals surface area contributed by atoms with Gasteiger partial charge in [-0.3, -0.25) is 14.4 Å². The van der Waals surface area contributed by atoms with Crippen molar-refractivity contribution < 1.29 is 28.6 Å². The van der Waals surface area contributed by atoms with Gasteiger partial charge in [-0.1, -0.05) is 162 Å². The summed E-state index contributed by atoms with van der Waals surface area (Å²) in [5, 5.41) is 0. The predicted octanol–water partition coefficient (Wildman–Crippen LogP) is 11.0. The van der Waals surface area contributed by atoms with Crippen molar-refractivity contribution in [2.75, 3.05) is 13.2 Å². The predicted molar refractivity (Wildman–Crippen MR) is 178 cm³/mol. The lowest BCUT2D eigenvalue weighted by atomic mass is 10.1. The summed E-state index contributed by atoms with van der Waals surface area (Å²) < 4.78 is 16.5. The highest BCUT2D eigenvalue weighted by Crippen LogP contribution is 2.14. The molecule has 0 aromatic carbocycles. The Morgan fingerprint density at radius 1 is 0.372 bits per heavy atom. The molecule has 0 aliphatic carbocycles. The average molecular weight is 611 g/mol. The second-order valence-corrected chi connectivity index (χ2v) is 12.5. The fourth-order valence-electron chi connectivity index (χ4n) is 5.26. The van der Waals surface area contributed by atoms with Crippen LogP contribution in [0, 0.1) is 0 Å². The normalized spacial score (nSPS) is 11.8. The van der Waals surface area contributed by atoms with Crippen molar-refractivity contribution in [2.45, 2.75) is 207 Å². The molecule has 0 aromatic rings. The molecule has 0 radical (unpaired) electrons. The van der Waals surface area contributed by atoms with Crippen LogP contribution in [0.2, 0.25) is 0 Å². The molecule has 0 bridgehead atoms. The molecule has 43 heavy (non-hydrogen) atoms. The Balaban J connectivity index is 4.28. The molecular formula is C37H70O6. The molecule has 0 aromatic heterocycles. The van der Waals surface area contributed by atoms with Gasteiger partial charge in [0, 0.05) is 19.3 Å². The van der Waals surface area contributed by atoms with E-state index in [0.29, 0.717) is 19.3 Å². The van der Waals surface area contributed by atoms with Crippen LogP contribution in [0.5, 0.6) is 0 Å². The van der Waals surface area contributed by atoms with E-state index in [4.69, 9.17) is 14.2 Å². The van der Waals surface area contributed by atoms with E-state index in [0.717, 1.165) is 64.2 Å². The molecule has 6 heteroatoms. The molecule has 0 heterocycles. The lowest BCUT2D eigenvalue weighted by Gasteiger charge is -2.18.